The number of piperidine rings is 1. The fourth-order valence-corrected chi connectivity index (χ4v) is 3.06. The molecule has 0 bridgehead atoms. The number of carbonyl (C=O) groups excluding carboxylic acids is 2. The minimum atomic E-state index is -0.0423. The van der Waals surface area contributed by atoms with E-state index in [1.54, 1.807) is 6.07 Å². The van der Waals surface area contributed by atoms with Crippen molar-refractivity contribution < 1.29 is 9.59 Å². The minimum absolute atomic E-state index is 0.0174. The molecular formula is C19H29N3O2. The maximum absolute atomic E-state index is 12.6. The van der Waals surface area contributed by atoms with Gasteiger partial charge in [0.1, 0.15) is 0 Å². The molecule has 1 aliphatic heterocycles. The van der Waals surface area contributed by atoms with Crippen molar-refractivity contribution in [3.05, 3.63) is 29.3 Å². The first-order valence-electron chi connectivity index (χ1n) is 8.82. The summed E-state index contributed by atoms with van der Waals surface area (Å²) in [4.78, 5) is 26.5. The van der Waals surface area contributed by atoms with E-state index in [0.29, 0.717) is 24.3 Å². The first-order chi connectivity index (χ1) is 11.4. The van der Waals surface area contributed by atoms with E-state index in [1.807, 2.05) is 30.9 Å². The third kappa shape index (κ3) is 5.06. The van der Waals surface area contributed by atoms with Gasteiger partial charge in [0.15, 0.2) is 0 Å². The van der Waals surface area contributed by atoms with E-state index in [1.165, 1.54) is 6.42 Å². The molecule has 2 rings (SSSR count). The van der Waals surface area contributed by atoms with Crippen LogP contribution in [0.2, 0.25) is 0 Å². The number of anilines is 1. The van der Waals surface area contributed by atoms with Crippen molar-refractivity contribution in [2.75, 3.05) is 18.4 Å². The van der Waals surface area contributed by atoms with Crippen LogP contribution < -0.4 is 11.1 Å². The first kappa shape index (κ1) is 18.5. The average molecular weight is 331 g/mol. The van der Waals surface area contributed by atoms with Crippen LogP contribution >= 0.6 is 0 Å². The molecule has 0 aromatic heterocycles. The number of hydrogen-bond acceptors (Lipinski definition) is 3. The Morgan fingerprint density at radius 2 is 2.17 bits per heavy atom. The Kier molecular flexibility index (Phi) is 6.37. The molecule has 1 aromatic rings. The molecule has 1 fully saturated rings. The zero-order valence-corrected chi connectivity index (χ0v) is 15.0. The zero-order chi connectivity index (χ0) is 17.7. The summed E-state index contributed by atoms with van der Waals surface area (Å²) >= 11 is 0. The highest BCUT2D eigenvalue weighted by Crippen LogP contribution is 2.21. The maximum Gasteiger partial charge on any atom is 0.253 e. The first-order valence-corrected chi connectivity index (χ1v) is 8.82. The molecule has 5 nitrogen and oxygen atoms in total. The molecular weight excluding hydrogens is 302 g/mol. The van der Waals surface area contributed by atoms with E-state index >= 15 is 0 Å². The highest BCUT2D eigenvalue weighted by molar-refractivity contribution is 5.96. The summed E-state index contributed by atoms with van der Waals surface area (Å²) < 4.78 is 0. The van der Waals surface area contributed by atoms with Crippen molar-refractivity contribution in [1.29, 1.82) is 0 Å². The molecule has 5 heteroatoms. The van der Waals surface area contributed by atoms with Crippen LogP contribution in [0.25, 0.3) is 0 Å². The molecule has 1 heterocycles. The summed E-state index contributed by atoms with van der Waals surface area (Å²) in [6.45, 7) is 7.65. The highest BCUT2D eigenvalue weighted by atomic mass is 16.2. The number of likely N-dealkylation sites (tertiary alicyclic amines) is 1. The van der Waals surface area contributed by atoms with E-state index in [0.717, 1.165) is 30.8 Å². The van der Waals surface area contributed by atoms with Gasteiger partial charge in [-0.25, -0.2) is 0 Å². The number of rotatable bonds is 5. The Morgan fingerprint density at radius 1 is 1.42 bits per heavy atom. The topological polar surface area (TPSA) is 75.4 Å². The summed E-state index contributed by atoms with van der Waals surface area (Å²) in [6.07, 6.45) is 3.33. The summed E-state index contributed by atoms with van der Waals surface area (Å²) in [5.74, 6) is 0.603. The number of nitrogens with two attached hydrogens (primary N) is 1. The molecule has 1 aliphatic rings. The van der Waals surface area contributed by atoms with E-state index in [-0.39, 0.29) is 17.9 Å². The van der Waals surface area contributed by atoms with Crippen LogP contribution in [0, 0.1) is 12.8 Å². The van der Waals surface area contributed by atoms with Gasteiger partial charge in [-0.05, 0) is 62.8 Å². The largest absolute Gasteiger partial charge is 0.338 e. The molecule has 0 radical (unpaired) electrons. The lowest BCUT2D eigenvalue weighted by Gasteiger charge is -2.31. The fraction of sp³-hybridized carbons (Fsp3) is 0.579. The third-order valence-electron chi connectivity index (χ3n) is 4.52. The van der Waals surface area contributed by atoms with Gasteiger partial charge in [0.05, 0.1) is 0 Å². The lowest BCUT2D eigenvalue weighted by Crippen LogP contribution is -2.39. The number of benzene rings is 1. The number of hydrogen-bond donors (Lipinski definition) is 2. The second kappa shape index (κ2) is 8.29. The maximum atomic E-state index is 12.6. The van der Waals surface area contributed by atoms with Crippen molar-refractivity contribution in [1.82, 2.24) is 4.90 Å². The summed E-state index contributed by atoms with van der Waals surface area (Å²) in [7, 11) is 0. The summed E-state index contributed by atoms with van der Waals surface area (Å²) in [5, 5.41) is 2.90. The van der Waals surface area contributed by atoms with E-state index < -0.39 is 0 Å². The van der Waals surface area contributed by atoms with Crippen LogP contribution in [0.1, 0.15) is 55.5 Å². The van der Waals surface area contributed by atoms with Crippen molar-refractivity contribution >= 4 is 17.5 Å². The standard InChI is InChI=1S/C19H29N3O2/c1-13-5-4-10-22(12-13)19(24)16-7-8-17(14(2)11-16)21-18(23)9-6-15(3)20/h7-8,11,13,15H,4-6,9-10,12,20H2,1-3H3,(H,21,23). The van der Waals surface area contributed by atoms with E-state index in [2.05, 4.69) is 12.2 Å². The Labute approximate surface area is 144 Å². The predicted octanol–water partition coefficient (Wildman–Crippen LogP) is 2.93. The van der Waals surface area contributed by atoms with E-state index in [4.69, 9.17) is 5.73 Å². The number of amides is 2. The van der Waals surface area contributed by atoms with Crippen LogP contribution in [0.4, 0.5) is 5.69 Å². The second-order valence-electron chi connectivity index (χ2n) is 7.09. The van der Waals surface area contributed by atoms with Crippen LogP contribution in [0.3, 0.4) is 0 Å². The molecule has 0 spiro atoms. The van der Waals surface area contributed by atoms with Gasteiger partial charge in [-0.3, -0.25) is 9.59 Å². The lowest BCUT2D eigenvalue weighted by molar-refractivity contribution is -0.116. The normalized spacial score (nSPS) is 19.0. The molecule has 3 N–H and O–H groups in total. The van der Waals surface area contributed by atoms with Gasteiger partial charge < -0.3 is 16.0 Å². The van der Waals surface area contributed by atoms with Crippen LogP contribution in [-0.2, 0) is 4.79 Å². The van der Waals surface area contributed by atoms with Gasteiger partial charge in [0.25, 0.3) is 5.91 Å². The molecule has 0 saturated carbocycles. The molecule has 2 unspecified atom stereocenters. The van der Waals surface area contributed by atoms with Gasteiger partial charge in [-0.1, -0.05) is 6.92 Å². The van der Waals surface area contributed by atoms with Gasteiger partial charge in [0, 0.05) is 36.8 Å². The summed E-state index contributed by atoms with van der Waals surface area (Å²) in [6, 6.07) is 5.50. The Bertz CT molecular complexity index is 598. The minimum Gasteiger partial charge on any atom is -0.338 e. The molecule has 132 valence electrons. The predicted molar refractivity (Wildman–Crippen MR) is 97.0 cm³/mol. The van der Waals surface area contributed by atoms with Crippen molar-refractivity contribution in [3.8, 4) is 0 Å². The third-order valence-corrected chi connectivity index (χ3v) is 4.52. The molecule has 1 aromatic carbocycles. The Hall–Kier alpha value is -1.88. The van der Waals surface area contributed by atoms with Crippen molar-refractivity contribution in [3.63, 3.8) is 0 Å². The molecule has 24 heavy (non-hydrogen) atoms. The smallest absolute Gasteiger partial charge is 0.253 e. The molecule has 1 saturated heterocycles. The monoisotopic (exact) mass is 331 g/mol. The summed E-state index contributed by atoms with van der Waals surface area (Å²) in [5.41, 5.74) is 8.03. The van der Waals surface area contributed by atoms with Gasteiger partial charge in [-0.15, -0.1) is 0 Å². The van der Waals surface area contributed by atoms with Gasteiger partial charge >= 0.3 is 0 Å². The number of nitrogens with zero attached hydrogens (tertiary/aromatic N) is 1. The lowest BCUT2D eigenvalue weighted by atomic mass is 9.99. The van der Waals surface area contributed by atoms with E-state index in [9.17, 15) is 9.59 Å². The zero-order valence-electron chi connectivity index (χ0n) is 15.0. The second-order valence-corrected chi connectivity index (χ2v) is 7.09. The Balaban J connectivity index is 2.01. The molecule has 2 atom stereocenters. The van der Waals surface area contributed by atoms with Crippen LogP contribution in [-0.4, -0.2) is 35.8 Å². The average Bonchev–Trinajstić information content (AvgIpc) is 2.54. The van der Waals surface area contributed by atoms with Crippen LogP contribution in [0.5, 0.6) is 0 Å². The number of aryl methyl sites for hydroxylation is 1. The SMILES string of the molecule is Cc1cc(C(=O)N2CCCC(C)C2)ccc1NC(=O)CCC(C)N. The Morgan fingerprint density at radius 3 is 2.79 bits per heavy atom. The number of nitrogens with one attached hydrogen (secondary N) is 1. The van der Waals surface area contributed by atoms with Crippen LogP contribution in [0.15, 0.2) is 18.2 Å². The molecule has 0 aliphatic carbocycles. The quantitative estimate of drug-likeness (QED) is 0.871. The van der Waals surface area contributed by atoms with Gasteiger partial charge in [0.2, 0.25) is 5.91 Å². The van der Waals surface area contributed by atoms with Gasteiger partial charge in [-0.2, -0.15) is 0 Å². The number of carbonyl (C=O) groups is 2. The molecule has 2 amide bonds. The highest BCUT2D eigenvalue weighted by Gasteiger charge is 2.22. The fourth-order valence-electron chi connectivity index (χ4n) is 3.06. The van der Waals surface area contributed by atoms with Crippen molar-refractivity contribution in [2.24, 2.45) is 11.7 Å². The van der Waals surface area contributed by atoms with Crippen molar-refractivity contribution in [2.45, 2.75) is 52.5 Å².